The van der Waals surface area contributed by atoms with E-state index in [1.807, 2.05) is 0 Å². The molecule has 0 saturated heterocycles. The minimum absolute atomic E-state index is 0.0167. The first-order valence-electron chi connectivity index (χ1n) is 8.02. The number of methoxy groups -OCH3 is 1. The summed E-state index contributed by atoms with van der Waals surface area (Å²) < 4.78 is 45.9. The van der Waals surface area contributed by atoms with Crippen LogP contribution in [-0.4, -0.2) is 36.2 Å². The SMILES string of the molecule is CO/C(=N\C(=N)c1cc(Br)c(O)c(Br)c1)C(=O)NCc1ccc(OC(F)(F)F)cc1. The van der Waals surface area contributed by atoms with Gasteiger partial charge in [0.25, 0.3) is 5.90 Å². The van der Waals surface area contributed by atoms with Gasteiger partial charge in [0.1, 0.15) is 11.5 Å². The predicted octanol–water partition coefficient (Wildman–Crippen LogP) is 4.50. The number of hydrogen-bond donors (Lipinski definition) is 3. The summed E-state index contributed by atoms with van der Waals surface area (Å²) in [5, 5.41) is 20.3. The first-order chi connectivity index (χ1) is 14.0. The van der Waals surface area contributed by atoms with Gasteiger partial charge in [0.15, 0.2) is 5.84 Å². The molecule has 30 heavy (non-hydrogen) atoms. The van der Waals surface area contributed by atoms with Crippen molar-refractivity contribution in [2.75, 3.05) is 7.11 Å². The molecule has 0 aliphatic rings. The molecule has 1 amide bonds. The number of halogens is 5. The van der Waals surface area contributed by atoms with E-state index in [0.29, 0.717) is 20.1 Å². The van der Waals surface area contributed by atoms with Crippen molar-refractivity contribution in [2.24, 2.45) is 4.99 Å². The van der Waals surface area contributed by atoms with Gasteiger partial charge in [-0.15, -0.1) is 13.2 Å². The fourth-order valence-electron chi connectivity index (χ4n) is 2.12. The van der Waals surface area contributed by atoms with E-state index >= 15 is 0 Å². The van der Waals surface area contributed by atoms with Gasteiger partial charge < -0.3 is 19.9 Å². The Morgan fingerprint density at radius 1 is 1.20 bits per heavy atom. The average Bonchev–Trinajstić information content (AvgIpc) is 2.67. The van der Waals surface area contributed by atoms with Crippen LogP contribution in [0.2, 0.25) is 0 Å². The van der Waals surface area contributed by atoms with Crippen LogP contribution >= 0.6 is 31.9 Å². The first-order valence-corrected chi connectivity index (χ1v) is 9.61. The maximum atomic E-state index is 12.3. The van der Waals surface area contributed by atoms with E-state index in [0.717, 1.165) is 12.1 Å². The molecule has 0 bridgehead atoms. The summed E-state index contributed by atoms with van der Waals surface area (Å²) in [6.45, 7) is -0.0167. The first kappa shape index (κ1) is 23.7. The van der Waals surface area contributed by atoms with Gasteiger partial charge in [0.05, 0.1) is 16.1 Å². The van der Waals surface area contributed by atoms with Crippen LogP contribution in [0, 0.1) is 5.41 Å². The standard InChI is InChI=1S/C18H14Br2F3N3O4/c1-29-17(26-15(24)10-6-12(19)14(27)13(20)7-10)16(28)25-8-9-2-4-11(5-3-9)30-18(21,22)23/h2-7,24,27H,8H2,1H3,(H,25,28)/b24-15?,26-17-. The molecule has 0 atom stereocenters. The van der Waals surface area contributed by atoms with Crippen molar-refractivity contribution in [2.45, 2.75) is 12.9 Å². The van der Waals surface area contributed by atoms with E-state index in [1.54, 1.807) is 0 Å². The molecule has 2 aromatic rings. The molecule has 0 unspecified atom stereocenters. The smallest absolute Gasteiger partial charge is 0.506 e. The lowest BCUT2D eigenvalue weighted by molar-refractivity contribution is -0.274. The van der Waals surface area contributed by atoms with Crippen LogP contribution in [-0.2, 0) is 16.1 Å². The number of carbonyl (C=O) groups excluding carboxylic acids is 1. The molecule has 3 N–H and O–H groups in total. The highest BCUT2D eigenvalue weighted by atomic mass is 79.9. The quantitative estimate of drug-likeness (QED) is 0.383. The molecule has 0 aliphatic heterocycles. The van der Waals surface area contributed by atoms with Crippen LogP contribution in [0.3, 0.4) is 0 Å². The third kappa shape index (κ3) is 6.73. The number of alkyl halides is 3. The Morgan fingerprint density at radius 3 is 2.27 bits per heavy atom. The zero-order valence-electron chi connectivity index (χ0n) is 15.2. The van der Waals surface area contributed by atoms with Crippen molar-refractivity contribution in [3.05, 3.63) is 56.5 Å². The summed E-state index contributed by atoms with van der Waals surface area (Å²) in [5.41, 5.74) is 0.809. The molecule has 0 heterocycles. The Bertz CT molecular complexity index is 957. The lowest BCUT2D eigenvalue weighted by Crippen LogP contribution is -2.32. The number of benzene rings is 2. The molecule has 12 heteroatoms. The van der Waals surface area contributed by atoms with E-state index in [2.05, 4.69) is 46.9 Å². The molecule has 7 nitrogen and oxygen atoms in total. The Hall–Kier alpha value is -2.60. The second kappa shape index (κ2) is 9.94. The highest BCUT2D eigenvalue weighted by molar-refractivity contribution is 9.11. The summed E-state index contributed by atoms with van der Waals surface area (Å²) >= 11 is 6.28. The van der Waals surface area contributed by atoms with E-state index < -0.39 is 18.2 Å². The van der Waals surface area contributed by atoms with Crippen LogP contribution < -0.4 is 10.1 Å². The number of hydrogen-bond acceptors (Lipinski definition) is 5. The fourth-order valence-corrected chi connectivity index (χ4v) is 3.31. The number of aromatic hydroxyl groups is 1. The van der Waals surface area contributed by atoms with Crippen LogP contribution in [0.25, 0.3) is 0 Å². The van der Waals surface area contributed by atoms with E-state index in [9.17, 15) is 23.1 Å². The van der Waals surface area contributed by atoms with Crippen molar-refractivity contribution in [1.82, 2.24) is 5.32 Å². The van der Waals surface area contributed by atoms with Crippen molar-refractivity contribution in [3.63, 3.8) is 0 Å². The summed E-state index contributed by atoms with van der Waals surface area (Å²) in [6.07, 6.45) is -4.79. The Morgan fingerprint density at radius 2 is 1.77 bits per heavy atom. The van der Waals surface area contributed by atoms with Crippen LogP contribution in [0.15, 0.2) is 50.3 Å². The molecule has 0 spiro atoms. The molecule has 0 aromatic heterocycles. The second-order valence-electron chi connectivity index (χ2n) is 5.63. The molecule has 2 rings (SSSR count). The van der Waals surface area contributed by atoms with E-state index in [1.165, 1.54) is 31.4 Å². The number of aliphatic imine (C=N–C) groups is 1. The van der Waals surface area contributed by atoms with Crippen molar-refractivity contribution < 1.29 is 32.5 Å². The van der Waals surface area contributed by atoms with Gasteiger partial charge >= 0.3 is 12.3 Å². The minimum atomic E-state index is -4.79. The number of nitrogens with zero attached hydrogens (tertiary/aromatic N) is 1. The molecule has 160 valence electrons. The average molecular weight is 553 g/mol. The Labute approximate surface area is 185 Å². The summed E-state index contributed by atoms with van der Waals surface area (Å²) in [4.78, 5) is 16.1. The Kier molecular flexibility index (Phi) is 7.84. The van der Waals surface area contributed by atoms with Gasteiger partial charge in [-0.1, -0.05) is 12.1 Å². The zero-order valence-corrected chi connectivity index (χ0v) is 18.4. The maximum Gasteiger partial charge on any atom is 0.573 e. The van der Waals surface area contributed by atoms with Gasteiger partial charge in [0.2, 0.25) is 0 Å². The van der Waals surface area contributed by atoms with E-state index in [4.69, 9.17) is 10.1 Å². The van der Waals surface area contributed by atoms with Gasteiger partial charge in [-0.25, -0.2) is 0 Å². The van der Waals surface area contributed by atoms with Gasteiger partial charge in [-0.05, 0) is 61.7 Å². The second-order valence-corrected chi connectivity index (χ2v) is 7.34. The molecule has 0 fully saturated rings. The minimum Gasteiger partial charge on any atom is -0.506 e. The maximum absolute atomic E-state index is 12.3. The molecule has 0 saturated carbocycles. The van der Waals surface area contributed by atoms with Crippen LogP contribution in [0.1, 0.15) is 11.1 Å². The third-order valence-electron chi connectivity index (χ3n) is 3.50. The van der Waals surface area contributed by atoms with Crippen LogP contribution in [0.4, 0.5) is 13.2 Å². The van der Waals surface area contributed by atoms with Gasteiger partial charge in [0, 0.05) is 12.1 Å². The summed E-state index contributed by atoms with van der Waals surface area (Å²) in [5.74, 6) is -1.84. The van der Waals surface area contributed by atoms with Crippen LogP contribution in [0.5, 0.6) is 11.5 Å². The number of ether oxygens (including phenoxy) is 2. The molecule has 0 radical (unpaired) electrons. The number of amidine groups is 1. The predicted molar refractivity (Wildman–Crippen MR) is 110 cm³/mol. The molecule has 0 aliphatic carbocycles. The molecular formula is C18H14Br2F3N3O4. The number of rotatable bonds is 4. The largest absolute Gasteiger partial charge is 0.573 e. The highest BCUT2D eigenvalue weighted by Crippen LogP contribution is 2.33. The highest BCUT2D eigenvalue weighted by Gasteiger charge is 2.30. The number of amides is 1. The number of nitrogens with one attached hydrogen (secondary N) is 2. The van der Waals surface area contributed by atoms with Crippen molar-refractivity contribution >= 4 is 49.5 Å². The summed E-state index contributed by atoms with van der Waals surface area (Å²) in [6, 6.07) is 7.85. The topological polar surface area (TPSA) is 104 Å². The summed E-state index contributed by atoms with van der Waals surface area (Å²) in [7, 11) is 1.21. The monoisotopic (exact) mass is 551 g/mol. The fraction of sp³-hybridized carbons (Fsp3) is 0.167. The van der Waals surface area contributed by atoms with Crippen molar-refractivity contribution in [3.8, 4) is 11.5 Å². The van der Waals surface area contributed by atoms with E-state index in [-0.39, 0.29) is 23.9 Å². The number of phenols is 1. The molecule has 2 aromatic carbocycles. The number of phenolic OH excluding ortho intramolecular Hbond substituents is 1. The van der Waals surface area contributed by atoms with Crippen molar-refractivity contribution in [1.29, 1.82) is 5.41 Å². The Balaban J connectivity index is 2.04. The number of carbonyl (C=O) groups is 1. The normalized spacial score (nSPS) is 11.7. The lowest BCUT2D eigenvalue weighted by Gasteiger charge is -2.10. The third-order valence-corrected chi connectivity index (χ3v) is 4.71. The van der Waals surface area contributed by atoms with Gasteiger partial charge in [-0.2, -0.15) is 4.99 Å². The zero-order chi connectivity index (χ0) is 22.5. The molecular weight excluding hydrogens is 539 g/mol. The lowest BCUT2D eigenvalue weighted by atomic mass is 10.2. The van der Waals surface area contributed by atoms with Gasteiger partial charge in [-0.3, -0.25) is 10.2 Å².